The zero-order valence-electron chi connectivity index (χ0n) is 20.7. The summed E-state index contributed by atoms with van der Waals surface area (Å²) in [6, 6.07) is 6.81. The van der Waals surface area contributed by atoms with E-state index >= 15 is 0 Å². The molecule has 1 aromatic rings. The number of benzene rings is 1. The number of hydrogen-bond acceptors (Lipinski definition) is 5. The molecule has 0 aliphatic heterocycles. The molecule has 34 heavy (non-hydrogen) atoms. The maximum atomic E-state index is 12.7. The Hall–Kier alpha value is -1.47. The molecule has 0 bridgehead atoms. The molecule has 3 fully saturated rings. The van der Waals surface area contributed by atoms with E-state index in [1.54, 1.807) is 24.3 Å². The van der Waals surface area contributed by atoms with Gasteiger partial charge in [-0.1, -0.05) is 54.8 Å². The molecule has 6 heteroatoms. The lowest BCUT2D eigenvalue weighted by Crippen LogP contribution is -2.37. The van der Waals surface area contributed by atoms with Gasteiger partial charge in [0.25, 0.3) is 10.1 Å². The van der Waals surface area contributed by atoms with Crippen LogP contribution in [0.2, 0.25) is 0 Å². The highest BCUT2D eigenvalue weighted by atomic mass is 32.2. The topological polar surface area (TPSA) is 83.8 Å². The van der Waals surface area contributed by atoms with Crippen LogP contribution in [-0.2, 0) is 14.3 Å². The zero-order chi connectivity index (χ0) is 24.5. The Morgan fingerprint density at radius 1 is 1.12 bits per heavy atom. The maximum absolute atomic E-state index is 12.7. The van der Waals surface area contributed by atoms with Crippen molar-refractivity contribution < 1.29 is 22.8 Å². The molecule has 3 saturated carbocycles. The summed E-state index contributed by atoms with van der Waals surface area (Å²) in [5.41, 5.74) is 3.76. The van der Waals surface area contributed by atoms with Crippen molar-refractivity contribution in [1.82, 2.24) is 0 Å². The minimum Gasteiger partial charge on any atom is -0.393 e. The summed E-state index contributed by atoms with van der Waals surface area (Å²) >= 11 is 0. The second kappa shape index (κ2) is 10.3. The molecular formula is C28H40O5S. The number of allylic oxidation sites excluding steroid dienone is 3. The Kier molecular flexibility index (Phi) is 7.73. The van der Waals surface area contributed by atoms with E-state index in [1.807, 2.05) is 6.92 Å². The van der Waals surface area contributed by atoms with Crippen LogP contribution in [0.1, 0.15) is 70.8 Å². The average Bonchev–Trinajstić information content (AvgIpc) is 3.13. The standard InChI is InChI=1S/C28H40O5S/c1-19-6-10-25(11-7-19)34(31,32)33-18-20(2)26-12-13-27-22(5-4-14-28(26,27)3)9-8-21-15-23(29)17-24(30)16-21/h6-11,20,23-24,26-27,29-30H,4-5,12-18H2,1-3H3/b21-8?,22-9+/t20-,23-,24+,26+,27-,28+/m0/s1. The first-order chi connectivity index (χ1) is 16.1. The van der Waals surface area contributed by atoms with Crippen molar-refractivity contribution in [1.29, 1.82) is 0 Å². The Bertz CT molecular complexity index is 1010. The average molecular weight is 489 g/mol. The van der Waals surface area contributed by atoms with Crippen LogP contribution < -0.4 is 0 Å². The van der Waals surface area contributed by atoms with Crippen LogP contribution in [0.25, 0.3) is 0 Å². The molecule has 0 heterocycles. The van der Waals surface area contributed by atoms with Crippen LogP contribution in [0.15, 0.2) is 52.5 Å². The van der Waals surface area contributed by atoms with Crippen LogP contribution in [0.4, 0.5) is 0 Å². The van der Waals surface area contributed by atoms with Crippen molar-refractivity contribution >= 4 is 10.1 Å². The molecule has 6 atom stereocenters. The van der Waals surface area contributed by atoms with Gasteiger partial charge in [-0.05, 0) is 93.6 Å². The van der Waals surface area contributed by atoms with Gasteiger partial charge in [0.15, 0.2) is 0 Å². The van der Waals surface area contributed by atoms with Crippen molar-refractivity contribution in [3.05, 3.63) is 53.1 Å². The Balaban J connectivity index is 1.43. The first kappa shape index (κ1) is 25.6. The molecule has 0 saturated heterocycles. The van der Waals surface area contributed by atoms with Gasteiger partial charge in [0.1, 0.15) is 0 Å². The van der Waals surface area contributed by atoms with Gasteiger partial charge in [0.2, 0.25) is 0 Å². The molecule has 0 spiro atoms. The molecular weight excluding hydrogens is 448 g/mol. The SMILES string of the molecule is Cc1ccc(S(=O)(=O)OC[C@H](C)[C@H]2CC[C@H]3/C(=C/C=C4C[C@@H](O)C[C@@H](O)C4)CCC[C@]23C)cc1. The van der Waals surface area contributed by atoms with Crippen LogP contribution in [0.5, 0.6) is 0 Å². The number of aryl methyl sites for hydroxylation is 1. The van der Waals surface area contributed by atoms with Crippen molar-refractivity contribution in [3.63, 3.8) is 0 Å². The summed E-state index contributed by atoms with van der Waals surface area (Å²) in [6.07, 6.45) is 10.9. The summed E-state index contributed by atoms with van der Waals surface area (Å²) in [4.78, 5) is 0.217. The van der Waals surface area contributed by atoms with Crippen molar-refractivity contribution in [2.75, 3.05) is 6.61 Å². The van der Waals surface area contributed by atoms with Gasteiger partial charge in [-0.2, -0.15) is 8.42 Å². The Morgan fingerprint density at radius 2 is 1.79 bits per heavy atom. The number of fused-ring (bicyclic) bond motifs is 1. The predicted octanol–water partition coefficient (Wildman–Crippen LogP) is 5.31. The summed E-state index contributed by atoms with van der Waals surface area (Å²) < 4.78 is 30.9. The highest BCUT2D eigenvalue weighted by Crippen LogP contribution is 2.59. The van der Waals surface area contributed by atoms with Crippen molar-refractivity contribution in [2.45, 2.75) is 89.2 Å². The molecule has 5 nitrogen and oxygen atoms in total. The maximum Gasteiger partial charge on any atom is 0.296 e. The van der Waals surface area contributed by atoms with E-state index in [9.17, 15) is 18.6 Å². The second-order valence-corrected chi connectivity index (χ2v) is 12.8. The van der Waals surface area contributed by atoms with Crippen LogP contribution in [0.3, 0.4) is 0 Å². The summed E-state index contributed by atoms with van der Waals surface area (Å²) in [5.74, 6) is 1.06. The smallest absolute Gasteiger partial charge is 0.296 e. The zero-order valence-corrected chi connectivity index (χ0v) is 21.6. The van der Waals surface area contributed by atoms with Gasteiger partial charge < -0.3 is 10.2 Å². The molecule has 3 aliphatic carbocycles. The Labute approximate surface area is 205 Å². The third-order valence-corrected chi connectivity index (χ3v) is 9.89. The first-order valence-corrected chi connectivity index (χ1v) is 14.2. The van der Waals surface area contributed by atoms with Crippen molar-refractivity contribution in [2.24, 2.45) is 23.2 Å². The van der Waals surface area contributed by atoms with E-state index in [2.05, 4.69) is 26.0 Å². The third kappa shape index (κ3) is 5.51. The Morgan fingerprint density at radius 3 is 2.47 bits per heavy atom. The molecule has 0 radical (unpaired) electrons. The summed E-state index contributed by atoms with van der Waals surface area (Å²) in [5, 5.41) is 20.0. The fraction of sp³-hybridized carbons (Fsp3) is 0.643. The first-order valence-electron chi connectivity index (χ1n) is 12.8. The van der Waals surface area contributed by atoms with Crippen molar-refractivity contribution in [3.8, 4) is 0 Å². The number of rotatable bonds is 6. The van der Waals surface area contributed by atoms with Gasteiger partial charge in [-0.25, -0.2) is 0 Å². The molecule has 0 amide bonds. The predicted molar refractivity (Wildman–Crippen MR) is 134 cm³/mol. The van der Waals surface area contributed by atoms with E-state index in [1.165, 1.54) is 5.57 Å². The second-order valence-electron chi connectivity index (χ2n) is 11.1. The van der Waals surface area contributed by atoms with E-state index in [4.69, 9.17) is 4.18 Å². The van der Waals surface area contributed by atoms with Gasteiger partial charge in [0.05, 0.1) is 23.7 Å². The molecule has 4 rings (SSSR count). The highest BCUT2D eigenvalue weighted by Gasteiger charge is 2.50. The van der Waals surface area contributed by atoms with Gasteiger partial charge >= 0.3 is 0 Å². The van der Waals surface area contributed by atoms with Gasteiger partial charge in [-0.3, -0.25) is 4.18 Å². The molecule has 0 unspecified atom stereocenters. The van der Waals surface area contributed by atoms with E-state index in [0.29, 0.717) is 31.1 Å². The molecule has 188 valence electrons. The fourth-order valence-corrected chi connectivity index (χ4v) is 7.83. The number of aliphatic hydroxyl groups is 2. The minimum atomic E-state index is -3.75. The minimum absolute atomic E-state index is 0.143. The summed E-state index contributed by atoms with van der Waals surface area (Å²) in [6.45, 7) is 6.66. The fourth-order valence-electron chi connectivity index (χ4n) is 6.83. The van der Waals surface area contributed by atoms with E-state index in [-0.39, 0.29) is 22.8 Å². The quantitative estimate of drug-likeness (QED) is 0.530. The normalized spacial score (nSPS) is 35.4. The monoisotopic (exact) mass is 488 g/mol. The third-order valence-electron chi connectivity index (χ3n) is 8.59. The van der Waals surface area contributed by atoms with Gasteiger partial charge in [0, 0.05) is 0 Å². The van der Waals surface area contributed by atoms with Crippen LogP contribution in [-0.4, -0.2) is 37.4 Å². The lowest BCUT2D eigenvalue weighted by atomic mass is 9.61. The van der Waals surface area contributed by atoms with Gasteiger partial charge in [-0.15, -0.1) is 0 Å². The largest absolute Gasteiger partial charge is 0.393 e. The van der Waals surface area contributed by atoms with Crippen LogP contribution >= 0.6 is 0 Å². The molecule has 3 aliphatic rings. The number of hydrogen-bond donors (Lipinski definition) is 2. The van der Waals surface area contributed by atoms with Crippen LogP contribution in [0, 0.1) is 30.1 Å². The molecule has 1 aromatic carbocycles. The highest BCUT2D eigenvalue weighted by molar-refractivity contribution is 7.86. The lowest BCUT2D eigenvalue weighted by Gasteiger charge is -2.44. The molecule has 0 aromatic heterocycles. The summed E-state index contributed by atoms with van der Waals surface area (Å²) in [7, 11) is -3.75. The molecule has 2 N–H and O–H groups in total. The van der Waals surface area contributed by atoms with E-state index in [0.717, 1.165) is 43.2 Å². The lowest BCUT2D eigenvalue weighted by molar-refractivity contribution is 0.0609. The van der Waals surface area contributed by atoms with E-state index < -0.39 is 22.3 Å². The number of aliphatic hydroxyl groups excluding tert-OH is 2.